The number of ether oxygens (including phenoxy) is 1. The molecule has 150 valence electrons. The van der Waals surface area contributed by atoms with Crippen molar-refractivity contribution < 1.29 is 19.1 Å². The van der Waals surface area contributed by atoms with Gasteiger partial charge in [-0.15, -0.1) is 11.3 Å². The monoisotopic (exact) mass is 402 g/mol. The molecule has 0 saturated carbocycles. The van der Waals surface area contributed by atoms with Crippen molar-refractivity contribution in [3.63, 3.8) is 0 Å². The van der Waals surface area contributed by atoms with Crippen molar-refractivity contribution in [1.29, 1.82) is 0 Å². The third-order valence-corrected chi connectivity index (χ3v) is 5.11. The van der Waals surface area contributed by atoms with E-state index in [0.29, 0.717) is 11.4 Å². The predicted octanol–water partition coefficient (Wildman–Crippen LogP) is 3.65. The highest BCUT2D eigenvalue weighted by Gasteiger charge is 2.20. The Morgan fingerprint density at radius 3 is 2.36 bits per heavy atom. The number of carbonyl (C=O) groups excluding carboxylic acids is 3. The van der Waals surface area contributed by atoms with E-state index in [9.17, 15) is 14.4 Å². The van der Waals surface area contributed by atoms with E-state index < -0.39 is 23.9 Å². The number of amides is 2. The minimum Gasteiger partial charge on any atom is -0.453 e. The van der Waals surface area contributed by atoms with Crippen LogP contribution >= 0.6 is 11.3 Å². The summed E-state index contributed by atoms with van der Waals surface area (Å²) in [6.45, 7) is 7.93. The summed E-state index contributed by atoms with van der Waals surface area (Å²) in [6.07, 6.45) is -0.259. The number of benzene rings is 1. The number of primary amides is 1. The van der Waals surface area contributed by atoms with Crippen LogP contribution in [0.25, 0.3) is 0 Å². The molecule has 0 spiro atoms. The summed E-state index contributed by atoms with van der Waals surface area (Å²) in [5.74, 6) is -1.59. The predicted molar refractivity (Wildman–Crippen MR) is 110 cm³/mol. The second-order valence-electron chi connectivity index (χ2n) is 7.60. The van der Waals surface area contributed by atoms with Gasteiger partial charge < -0.3 is 15.8 Å². The Bertz CT molecular complexity index is 850. The van der Waals surface area contributed by atoms with Crippen LogP contribution in [0.1, 0.15) is 55.6 Å². The molecule has 7 heteroatoms. The lowest BCUT2D eigenvalue weighted by Crippen LogP contribution is -2.30. The van der Waals surface area contributed by atoms with Crippen molar-refractivity contribution >= 4 is 34.1 Å². The first kappa shape index (κ1) is 21.6. The SMILES string of the molecule is C[C@@H](OC(=O)CCc1ccc(C(C)(C)C)cc1)C(=O)Nc1sccc1C(N)=O. The van der Waals surface area contributed by atoms with Crippen molar-refractivity contribution in [2.75, 3.05) is 5.32 Å². The van der Waals surface area contributed by atoms with Crippen LogP contribution in [0.5, 0.6) is 0 Å². The van der Waals surface area contributed by atoms with Crippen LogP contribution in [-0.4, -0.2) is 23.9 Å². The lowest BCUT2D eigenvalue weighted by atomic mass is 9.86. The number of nitrogens with one attached hydrogen (secondary N) is 1. The molecule has 1 heterocycles. The van der Waals surface area contributed by atoms with E-state index in [1.54, 1.807) is 5.38 Å². The van der Waals surface area contributed by atoms with Gasteiger partial charge in [0.05, 0.1) is 5.56 Å². The molecule has 0 saturated heterocycles. The fourth-order valence-corrected chi connectivity index (χ4v) is 3.34. The summed E-state index contributed by atoms with van der Waals surface area (Å²) in [5, 5.41) is 4.57. The largest absolute Gasteiger partial charge is 0.453 e. The number of hydrogen-bond donors (Lipinski definition) is 2. The second kappa shape index (κ2) is 9.01. The zero-order valence-electron chi connectivity index (χ0n) is 16.6. The third kappa shape index (κ3) is 5.92. The number of nitrogens with two attached hydrogens (primary N) is 1. The van der Waals surface area contributed by atoms with Crippen LogP contribution in [0.15, 0.2) is 35.7 Å². The molecular formula is C21H26N2O4S. The van der Waals surface area contributed by atoms with Crippen molar-refractivity contribution in [3.05, 3.63) is 52.4 Å². The van der Waals surface area contributed by atoms with E-state index in [2.05, 4.69) is 38.2 Å². The van der Waals surface area contributed by atoms with Gasteiger partial charge in [-0.2, -0.15) is 0 Å². The van der Waals surface area contributed by atoms with Gasteiger partial charge in [0, 0.05) is 6.42 Å². The first-order valence-electron chi connectivity index (χ1n) is 9.05. The maximum Gasteiger partial charge on any atom is 0.306 e. The maximum absolute atomic E-state index is 12.2. The van der Waals surface area contributed by atoms with Crippen LogP contribution in [-0.2, 0) is 26.2 Å². The minimum atomic E-state index is -0.974. The molecule has 0 aliphatic rings. The van der Waals surface area contributed by atoms with Gasteiger partial charge in [-0.25, -0.2) is 0 Å². The van der Waals surface area contributed by atoms with Crippen LogP contribution < -0.4 is 11.1 Å². The summed E-state index contributed by atoms with van der Waals surface area (Å²) in [7, 11) is 0. The number of esters is 1. The summed E-state index contributed by atoms with van der Waals surface area (Å²) >= 11 is 1.18. The summed E-state index contributed by atoms with van der Waals surface area (Å²) < 4.78 is 5.20. The van der Waals surface area contributed by atoms with E-state index in [0.717, 1.165) is 5.56 Å². The first-order chi connectivity index (χ1) is 13.1. The van der Waals surface area contributed by atoms with Gasteiger partial charge >= 0.3 is 5.97 Å². The Kier molecular flexibility index (Phi) is 6.96. The molecule has 2 aromatic rings. The van der Waals surface area contributed by atoms with Crippen LogP contribution in [0, 0.1) is 0 Å². The summed E-state index contributed by atoms with van der Waals surface area (Å²) in [5.41, 5.74) is 7.83. The standard InChI is InChI=1S/C21H26N2O4S/c1-13(19(26)23-20-16(18(22)25)11-12-28-20)27-17(24)10-7-14-5-8-15(9-6-14)21(2,3)4/h5-6,8-9,11-13H,7,10H2,1-4H3,(H2,22,25)(H,23,26)/t13-/m1/s1. The maximum atomic E-state index is 12.2. The summed E-state index contributed by atoms with van der Waals surface area (Å²) in [4.78, 5) is 35.6. The molecular weight excluding hydrogens is 376 g/mol. The van der Waals surface area contributed by atoms with Gasteiger partial charge in [0.1, 0.15) is 5.00 Å². The molecule has 6 nitrogen and oxygen atoms in total. The molecule has 0 radical (unpaired) electrons. The average molecular weight is 403 g/mol. The van der Waals surface area contributed by atoms with E-state index in [4.69, 9.17) is 10.5 Å². The van der Waals surface area contributed by atoms with Crippen molar-refractivity contribution in [3.8, 4) is 0 Å². The quantitative estimate of drug-likeness (QED) is 0.691. The molecule has 0 aliphatic carbocycles. The number of thiophene rings is 1. The van der Waals surface area contributed by atoms with Gasteiger partial charge in [-0.3, -0.25) is 14.4 Å². The normalized spacial score (nSPS) is 12.3. The number of hydrogen-bond acceptors (Lipinski definition) is 5. The second-order valence-corrected chi connectivity index (χ2v) is 8.51. The summed E-state index contributed by atoms with van der Waals surface area (Å²) in [6, 6.07) is 9.67. The highest BCUT2D eigenvalue weighted by atomic mass is 32.1. The zero-order chi connectivity index (χ0) is 20.9. The smallest absolute Gasteiger partial charge is 0.306 e. The van der Waals surface area contributed by atoms with Crippen LogP contribution in [0.4, 0.5) is 5.00 Å². The molecule has 0 bridgehead atoms. The molecule has 28 heavy (non-hydrogen) atoms. The first-order valence-corrected chi connectivity index (χ1v) is 9.93. The van der Waals surface area contributed by atoms with E-state index in [1.807, 2.05) is 12.1 Å². The third-order valence-electron chi connectivity index (χ3n) is 4.28. The molecule has 1 atom stereocenters. The highest BCUT2D eigenvalue weighted by molar-refractivity contribution is 7.14. The van der Waals surface area contributed by atoms with Crippen LogP contribution in [0.2, 0.25) is 0 Å². The lowest BCUT2D eigenvalue weighted by Gasteiger charge is -2.19. The number of rotatable bonds is 7. The molecule has 0 fully saturated rings. The molecule has 2 amide bonds. The van der Waals surface area contributed by atoms with Gasteiger partial charge in [-0.05, 0) is 41.3 Å². The van der Waals surface area contributed by atoms with Crippen molar-refractivity contribution in [2.45, 2.75) is 52.1 Å². The van der Waals surface area contributed by atoms with Crippen molar-refractivity contribution in [2.24, 2.45) is 5.73 Å². The van der Waals surface area contributed by atoms with E-state index in [1.165, 1.54) is 29.9 Å². The van der Waals surface area contributed by atoms with Gasteiger partial charge in [0.2, 0.25) is 0 Å². The van der Waals surface area contributed by atoms with E-state index >= 15 is 0 Å². The minimum absolute atomic E-state index is 0.0806. The Morgan fingerprint density at radius 2 is 1.79 bits per heavy atom. The number of aryl methyl sites for hydroxylation is 1. The number of carbonyl (C=O) groups is 3. The molecule has 0 unspecified atom stereocenters. The van der Waals surface area contributed by atoms with Gasteiger partial charge in [0.25, 0.3) is 11.8 Å². The molecule has 3 N–H and O–H groups in total. The molecule has 2 rings (SSSR count). The zero-order valence-corrected chi connectivity index (χ0v) is 17.4. The lowest BCUT2D eigenvalue weighted by molar-refractivity contribution is -0.153. The number of anilines is 1. The van der Waals surface area contributed by atoms with E-state index in [-0.39, 0.29) is 17.4 Å². The fraction of sp³-hybridized carbons (Fsp3) is 0.381. The molecule has 1 aromatic carbocycles. The Morgan fingerprint density at radius 1 is 1.14 bits per heavy atom. The fourth-order valence-electron chi connectivity index (χ4n) is 2.54. The Labute approximate surface area is 169 Å². The molecule has 0 aliphatic heterocycles. The van der Waals surface area contributed by atoms with Crippen LogP contribution in [0.3, 0.4) is 0 Å². The Hall–Kier alpha value is -2.67. The Balaban J connectivity index is 1.84. The average Bonchev–Trinajstić information content (AvgIpc) is 3.08. The van der Waals surface area contributed by atoms with Gasteiger partial charge in [-0.1, -0.05) is 45.0 Å². The van der Waals surface area contributed by atoms with Crippen molar-refractivity contribution in [1.82, 2.24) is 0 Å². The highest BCUT2D eigenvalue weighted by Crippen LogP contribution is 2.24. The topological polar surface area (TPSA) is 98.5 Å². The van der Waals surface area contributed by atoms with Gasteiger partial charge in [0.15, 0.2) is 6.10 Å². The molecule has 1 aromatic heterocycles.